The maximum atomic E-state index is 12.7. The Morgan fingerprint density at radius 2 is 2.17 bits per heavy atom. The number of fused-ring (bicyclic) bond motifs is 4. The number of halogens is 2. The van der Waals surface area contributed by atoms with Crippen LogP contribution in [0.3, 0.4) is 0 Å². The lowest BCUT2D eigenvalue weighted by molar-refractivity contribution is -0.175. The van der Waals surface area contributed by atoms with Gasteiger partial charge in [0.1, 0.15) is 11.7 Å². The van der Waals surface area contributed by atoms with Crippen LogP contribution in [0.25, 0.3) is 0 Å². The van der Waals surface area contributed by atoms with Gasteiger partial charge in [-0.05, 0) is 61.1 Å². The van der Waals surface area contributed by atoms with Gasteiger partial charge in [-0.15, -0.1) is 0 Å². The fourth-order valence-corrected chi connectivity index (χ4v) is 5.30. The van der Waals surface area contributed by atoms with Crippen molar-refractivity contribution in [2.45, 2.75) is 32.5 Å². The molecule has 1 aromatic rings. The maximum absolute atomic E-state index is 12.7. The molecule has 0 spiro atoms. The van der Waals surface area contributed by atoms with Crippen molar-refractivity contribution in [1.82, 2.24) is 10.2 Å². The van der Waals surface area contributed by atoms with Gasteiger partial charge < -0.3 is 19.7 Å². The Hall–Kier alpha value is -0.860. The van der Waals surface area contributed by atoms with Gasteiger partial charge in [0.05, 0.1) is 17.1 Å². The molecule has 2 bridgehead atoms. The van der Waals surface area contributed by atoms with Crippen molar-refractivity contribution < 1.29 is 14.3 Å². The predicted molar refractivity (Wildman–Crippen MR) is 102 cm³/mol. The first-order valence-corrected chi connectivity index (χ1v) is 9.75. The molecule has 1 N–H and O–H groups in total. The highest BCUT2D eigenvalue weighted by Gasteiger charge is 2.59. The second-order valence-electron chi connectivity index (χ2n) is 5.86. The minimum absolute atomic E-state index is 0.291. The number of carbonyl (C=O) groups excluding carboxylic acids is 1. The third-order valence-electron chi connectivity index (χ3n) is 4.51. The molecule has 8 heteroatoms. The van der Waals surface area contributed by atoms with Crippen LogP contribution >= 0.6 is 44.1 Å². The Bertz CT molecular complexity index is 715. The molecule has 5 nitrogen and oxygen atoms in total. The number of nitrogens with one attached hydrogen (secondary N) is 1. The van der Waals surface area contributed by atoms with Crippen molar-refractivity contribution in [3.8, 4) is 5.75 Å². The zero-order valence-electron chi connectivity index (χ0n) is 13.6. The molecule has 1 saturated heterocycles. The lowest BCUT2D eigenvalue weighted by Crippen LogP contribution is -2.71. The molecule has 2 aliphatic heterocycles. The smallest absolute Gasteiger partial charge is 0.317 e. The summed E-state index contributed by atoms with van der Waals surface area (Å²) in [5.74, 6) is -0.0994. The van der Waals surface area contributed by atoms with Gasteiger partial charge in [0.25, 0.3) is 0 Å². The van der Waals surface area contributed by atoms with Crippen LogP contribution in [-0.2, 0) is 9.53 Å². The van der Waals surface area contributed by atoms with Gasteiger partial charge in [-0.2, -0.15) is 0 Å². The van der Waals surface area contributed by atoms with Gasteiger partial charge in [0, 0.05) is 16.6 Å². The molecule has 3 rings (SSSR count). The summed E-state index contributed by atoms with van der Waals surface area (Å²) >= 11 is 12.6. The van der Waals surface area contributed by atoms with E-state index in [1.807, 2.05) is 30.9 Å². The van der Waals surface area contributed by atoms with Crippen molar-refractivity contribution in [1.29, 1.82) is 0 Å². The van der Waals surface area contributed by atoms with E-state index in [0.717, 1.165) is 20.3 Å². The molecule has 0 unspecified atom stereocenters. The molecule has 0 aliphatic carbocycles. The van der Waals surface area contributed by atoms with E-state index in [1.165, 1.54) is 0 Å². The number of rotatable bonds is 3. The van der Waals surface area contributed by atoms with Crippen molar-refractivity contribution in [3.63, 3.8) is 0 Å². The van der Waals surface area contributed by atoms with Gasteiger partial charge in [0.2, 0.25) is 0 Å². The van der Waals surface area contributed by atoms with Crippen molar-refractivity contribution in [2.24, 2.45) is 5.92 Å². The molecule has 0 aromatic heterocycles. The van der Waals surface area contributed by atoms with E-state index < -0.39 is 11.6 Å². The predicted octanol–water partition coefficient (Wildman–Crippen LogP) is 3.75. The first-order chi connectivity index (χ1) is 11.3. The SMILES string of the molecule is CCOC(=O)[C@@H]1[C@H]2NC(=S)N(CC)[C@@]1(C)Oc1c(Br)cc(Br)cc12. The van der Waals surface area contributed by atoms with Gasteiger partial charge in [-0.1, -0.05) is 15.9 Å². The van der Waals surface area contributed by atoms with Gasteiger partial charge in [0.15, 0.2) is 10.8 Å². The second kappa shape index (κ2) is 6.46. The van der Waals surface area contributed by atoms with Gasteiger partial charge >= 0.3 is 5.97 Å². The van der Waals surface area contributed by atoms with Crippen LogP contribution in [0.15, 0.2) is 21.1 Å². The lowest BCUT2D eigenvalue weighted by atomic mass is 9.79. The summed E-state index contributed by atoms with van der Waals surface area (Å²) < 4.78 is 13.4. The normalized spacial score (nSPS) is 27.9. The van der Waals surface area contributed by atoms with E-state index in [9.17, 15) is 4.79 Å². The van der Waals surface area contributed by atoms with E-state index in [0.29, 0.717) is 18.3 Å². The number of hydrogen-bond acceptors (Lipinski definition) is 4. The van der Waals surface area contributed by atoms with E-state index in [-0.39, 0.29) is 12.0 Å². The molecule has 0 amide bonds. The molecule has 1 aromatic carbocycles. The highest BCUT2D eigenvalue weighted by molar-refractivity contribution is 9.11. The fraction of sp³-hybridized carbons (Fsp3) is 0.500. The molecule has 3 atom stereocenters. The van der Waals surface area contributed by atoms with E-state index >= 15 is 0 Å². The minimum atomic E-state index is -0.905. The Morgan fingerprint density at radius 1 is 1.46 bits per heavy atom. The largest absolute Gasteiger partial charge is 0.466 e. The zero-order valence-corrected chi connectivity index (χ0v) is 17.5. The van der Waals surface area contributed by atoms with Crippen LogP contribution in [0.4, 0.5) is 0 Å². The minimum Gasteiger partial charge on any atom is -0.466 e. The van der Waals surface area contributed by atoms with Gasteiger partial charge in [-0.25, -0.2) is 0 Å². The highest BCUT2D eigenvalue weighted by Crippen LogP contribution is 2.51. The van der Waals surface area contributed by atoms with Crippen LogP contribution in [0.2, 0.25) is 0 Å². The molecule has 130 valence electrons. The molecule has 1 fully saturated rings. The van der Waals surface area contributed by atoms with E-state index in [4.69, 9.17) is 21.7 Å². The number of esters is 1. The molecule has 0 saturated carbocycles. The second-order valence-corrected chi connectivity index (χ2v) is 8.02. The fourth-order valence-electron chi connectivity index (χ4n) is 3.52. The third kappa shape index (κ3) is 2.63. The standard InChI is InChI=1S/C16H18Br2N2O3S/c1-4-20-15(24)19-12-9-6-8(17)7-10(18)13(9)23-16(20,3)11(12)14(21)22-5-2/h6-7,11-12H,4-5H2,1-3H3,(H,19,24)/t11-,12-,16-/m0/s1. The molecule has 2 heterocycles. The number of ether oxygens (including phenoxy) is 2. The summed E-state index contributed by atoms with van der Waals surface area (Å²) in [6.07, 6.45) is 0. The monoisotopic (exact) mass is 476 g/mol. The van der Waals surface area contributed by atoms with Crippen LogP contribution in [0.1, 0.15) is 32.4 Å². The average molecular weight is 478 g/mol. The first kappa shape index (κ1) is 17.9. The van der Waals surface area contributed by atoms with Crippen LogP contribution in [0.5, 0.6) is 5.75 Å². The van der Waals surface area contributed by atoms with Crippen LogP contribution < -0.4 is 10.1 Å². The van der Waals surface area contributed by atoms with Crippen LogP contribution in [-0.4, -0.2) is 34.9 Å². The number of benzene rings is 1. The first-order valence-electron chi connectivity index (χ1n) is 7.76. The zero-order chi connectivity index (χ0) is 17.6. The van der Waals surface area contributed by atoms with Crippen LogP contribution in [0, 0.1) is 5.92 Å². The summed E-state index contributed by atoms with van der Waals surface area (Å²) in [5, 5.41) is 3.89. The summed E-state index contributed by atoms with van der Waals surface area (Å²) in [6, 6.07) is 3.58. The number of hydrogen-bond donors (Lipinski definition) is 1. The average Bonchev–Trinajstić information content (AvgIpc) is 2.48. The highest BCUT2D eigenvalue weighted by atomic mass is 79.9. The van der Waals surface area contributed by atoms with Crippen molar-refractivity contribution in [3.05, 3.63) is 26.6 Å². The van der Waals surface area contributed by atoms with Crippen molar-refractivity contribution in [2.75, 3.05) is 13.2 Å². The molecule has 24 heavy (non-hydrogen) atoms. The van der Waals surface area contributed by atoms with Gasteiger partial charge in [-0.3, -0.25) is 4.79 Å². The molecule has 2 aliphatic rings. The molecular formula is C16H18Br2N2O3S. The molecule has 0 radical (unpaired) electrons. The Kier molecular flexibility index (Phi) is 4.83. The third-order valence-corrected chi connectivity index (χ3v) is 5.89. The molecular weight excluding hydrogens is 460 g/mol. The summed E-state index contributed by atoms with van der Waals surface area (Å²) in [5.41, 5.74) is -0.0259. The lowest BCUT2D eigenvalue weighted by Gasteiger charge is -2.55. The summed E-state index contributed by atoms with van der Waals surface area (Å²) in [7, 11) is 0. The number of carbonyl (C=O) groups is 1. The Labute approximate surface area is 163 Å². The topological polar surface area (TPSA) is 50.8 Å². The van der Waals surface area contributed by atoms with Crippen molar-refractivity contribution >= 4 is 55.2 Å². The summed E-state index contributed by atoms with van der Waals surface area (Å²) in [4.78, 5) is 14.6. The van der Waals surface area contributed by atoms with E-state index in [2.05, 4.69) is 37.2 Å². The Balaban J connectivity index is 2.20. The number of thiocarbonyl (C=S) groups is 1. The number of nitrogens with zero attached hydrogens (tertiary/aromatic N) is 1. The summed E-state index contributed by atoms with van der Waals surface area (Å²) in [6.45, 7) is 6.63. The van der Waals surface area contributed by atoms with E-state index in [1.54, 1.807) is 6.92 Å². The maximum Gasteiger partial charge on any atom is 0.317 e. The Morgan fingerprint density at radius 3 is 2.79 bits per heavy atom. The quantitative estimate of drug-likeness (QED) is 0.528.